The molecule has 0 aliphatic carbocycles. The molecule has 0 spiro atoms. The molecule has 3 aromatic rings. The number of carbonyl (C=O) groups excluding carboxylic acids is 2. The lowest BCUT2D eigenvalue weighted by molar-refractivity contribution is 0.0640. The van der Waals surface area contributed by atoms with Crippen molar-refractivity contribution < 1.29 is 18.7 Å². The fraction of sp³-hybridized carbons (Fsp3) is 0.158. The summed E-state index contributed by atoms with van der Waals surface area (Å²) in [5, 5.41) is 7.88. The van der Waals surface area contributed by atoms with E-state index in [2.05, 4.69) is 10.3 Å². The Kier molecular flexibility index (Phi) is 3.95. The van der Waals surface area contributed by atoms with Crippen LogP contribution in [-0.2, 0) is 6.54 Å². The molecule has 0 radical (unpaired) electrons. The molecule has 2 amide bonds. The normalized spacial score (nSPS) is 13.2. The zero-order valence-electron chi connectivity index (χ0n) is 14.6. The molecule has 2 heterocycles. The summed E-state index contributed by atoms with van der Waals surface area (Å²) in [4.78, 5) is 26.3. The van der Waals surface area contributed by atoms with E-state index >= 15 is 4.39 Å². The van der Waals surface area contributed by atoms with Gasteiger partial charge in [-0.25, -0.2) is 9.07 Å². The van der Waals surface area contributed by atoms with Crippen LogP contribution in [0.3, 0.4) is 0 Å². The second-order valence-corrected chi connectivity index (χ2v) is 6.13. The van der Waals surface area contributed by atoms with Gasteiger partial charge in [-0.15, -0.1) is 5.10 Å². The first kappa shape index (κ1) is 16.9. The van der Waals surface area contributed by atoms with Gasteiger partial charge in [-0.05, 0) is 31.2 Å². The number of rotatable bonds is 4. The number of fused-ring (bicyclic) bond motifs is 1. The second kappa shape index (κ2) is 6.31. The zero-order chi connectivity index (χ0) is 19.1. The maximum atomic E-state index is 15.0. The van der Waals surface area contributed by atoms with Crippen molar-refractivity contribution >= 4 is 11.8 Å². The van der Waals surface area contributed by atoms with Gasteiger partial charge in [0.05, 0.1) is 42.4 Å². The van der Waals surface area contributed by atoms with Gasteiger partial charge in [-0.3, -0.25) is 14.5 Å². The van der Waals surface area contributed by atoms with Crippen LogP contribution in [0.15, 0.2) is 42.6 Å². The molecule has 0 unspecified atom stereocenters. The molecule has 0 atom stereocenters. The van der Waals surface area contributed by atoms with Crippen molar-refractivity contribution in [3.05, 3.63) is 70.8 Å². The molecule has 136 valence electrons. The van der Waals surface area contributed by atoms with Crippen LogP contribution in [0.2, 0.25) is 0 Å². The van der Waals surface area contributed by atoms with E-state index in [1.807, 2.05) is 0 Å². The highest BCUT2D eigenvalue weighted by Gasteiger charge is 2.36. The Bertz CT molecular complexity index is 1040. The van der Waals surface area contributed by atoms with Gasteiger partial charge in [0.25, 0.3) is 11.8 Å². The zero-order valence-corrected chi connectivity index (χ0v) is 14.6. The standard InChI is InChI=1S/C19H15FN4O3/c1-11-9-24(22-21-11)15-7-8-16(27-2)17(20)14(15)10-23-18(25)12-5-3-4-6-13(12)19(23)26/h3-9H,10H2,1-2H3. The number of benzene rings is 2. The average molecular weight is 366 g/mol. The molecule has 7 nitrogen and oxygen atoms in total. The van der Waals surface area contributed by atoms with Gasteiger partial charge in [-0.1, -0.05) is 17.3 Å². The van der Waals surface area contributed by atoms with Gasteiger partial charge in [-0.2, -0.15) is 0 Å². The molecule has 0 N–H and O–H groups in total. The summed E-state index contributed by atoms with van der Waals surface area (Å²) in [5.74, 6) is -1.56. The van der Waals surface area contributed by atoms with Crippen molar-refractivity contribution in [3.63, 3.8) is 0 Å². The largest absolute Gasteiger partial charge is 0.494 e. The third-order valence-electron chi connectivity index (χ3n) is 4.45. The fourth-order valence-corrected chi connectivity index (χ4v) is 3.12. The summed E-state index contributed by atoms with van der Waals surface area (Å²) < 4.78 is 21.5. The Morgan fingerprint density at radius 1 is 1.07 bits per heavy atom. The summed E-state index contributed by atoms with van der Waals surface area (Å²) in [6.07, 6.45) is 1.63. The van der Waals surface area contributed by atoms with Crippen molar-refractivity contribution in [2.45, 2.75) is 13.5 Å². The number of hydrogen-bond acceptors (Lipinski definition) is 5. The van der Waals surface area contributed by atoms with Crippen LogP contribution in [0.5, 0.6) is 5.75 Å². The first-order valence-electron chi connectivity index (χ1n) is 8.21. The second-order valence-electron chi connectivity index (χ2n) is 6.13. The van der Waals surface area contributed by atoms with Crippen LogP contribution in [0, 0.1) is 12.7 Å². The molecular formula is C19H15FN4O3. The molecule has 2 aromatic carbocycles. The van der Waals surface area contributed by atoms with Crippen LogP contribution in [0.25, 0.3) is 5.69 Å². The van der Waals surface area contributed by atoms with E-state index < -0.39 is 17.6 Å². The van der Waals surface area contributed by atoms with Gasteiger partial charge < -0.3 is 4.74 Å². The first-order valence-corrected chi connectivity index (χ1v) is 8.21. The van der Waals surface area contributed by atoms with Crippen LogP contribution >= 0.6 is 0 Å². The maximum absolute atomic E-state index is 15.0. The number of methoxy groups -OCH3 is 1. The summed E-state index contributed by atoms with van der Waals surface area (Å²) in [5.41, 5.74) is 1.77. The number of imide groups is 1. The quantitative estimate of drug-likeness (QED) is 0.663. The highest BCUT2D eigenvalue weighted by Crippen LogP contribution is 2.30. The van der Waals surface area contributed by atoms with E-state index in [0.717, 1.165) is 4.90 Å². The van der Waals surface area contributed by atoms with E-state index in [0.29, 0.717) is 22.5 Å². The summed E-state index contributed by atoms with van der Waals surface area (Å²) in [6, 6.07) is 9.61. The Morgan fingerprint density at radius 2 is 1.74 bits per heavy atom. The number of halogens is 1. The third kappa shape index (κ3) is 2.66. The molecule has 1 aliphatic rings. The monoisotopic (exact) mass is 366 g/mol. The minimum absolute atomic E-state index is 0.0159. The number of amides is 2. The predicted octanol–water partition coefficient (Wildman–Crippen LogP) is 2.52. The molecule has 0 fully saturated rings. The number of carbonyl (C=O) groups is 2. The molecule has 8 heteroatoms. The van der Waals surface area contributed by atoms with Crippen molar-refractivity contribution in [1.29, 1.82) is 0 Å². The van der Waals surface area contributed by atoms with Gasteiger partial charge in [0.1, 0.15) is 0 Å². The molecular weight excluding hydrogens is 351 g/mol. The van der Waals surface area contributed by atoms with Gasteiger partial charge in [0, 0.05) is 5.56 Å². The van der Waals surface area contributed by atoms with E-state index in [9.17, 15) is 9.59 Å². The number of hydrogen-bond donors (Lipinski definition) is 0. The molecule has 1 aliphatic heterocycles. The summed E-state index contributed by atoms with van der Waals surface area (Å²) >= 11 is 0. The van der Waals surface area contributed by atoms with Crippen LogP contribution in [0.1, 0.15) is 32.0 Å². The molecule has 0 saturated heterocycles. The Balaban J connectivity index is 1.80. The minimum atomic E-state index is -0.653. The predicted molar refractivity (Wildman–Crippen MR) is 93.3 cm³/mol. The molecule has 4 rings (SSSR count). The maximum Gasteiger partial charge on any atom is 0.261 e. The van der Waals surface area contributed by atoms with Crippen LogP contribution < -0.4 is 4.74 Å². The smallest absolute Gasteiger partial charge is 0.261 e. The Labute approximate surface area is 154 Å². The van der Waals surface area contributed by atoms with Gasteiger partial charge in [0.15, 0.2) is 11.6 Å². The third-order valence-corrected chi connectivity index (χ3v) is 4.45. The topological polar surface area (TPSA) is 77.3 Å². The highest BCUT2D eigenvalue weighted by atomic mass is 19.1. The number of aromatic nitrogens is 3. The van der Waals surface area contributed by atoms with E-state index in [-0.39, 0.29) is 17.9 Å². The first-order chi connectivity index (χ1) is 13.0. The van der Waals surface area contributed by atoms with Gasteiger partial charge in [0.2, 0.25) is 0 Å². The highest BCUT2D eigenvalue weighted by molar-refractivity contribution is 6.21. The van der Waals surface area contributed by atoms with Crippen LogP contribution in [-0.4, -0.2) is 38.8 Å². The summed E-state index contributed by atoms with van der Waals surface area (Å²) in [7, 11) is 1.35. The molecule has 0 saturated carbocycles. The Hall–Kier alpha value is -3.55. The van der Waals surface area contributed by atoms with Crippen molar-refractivity contribution in [2.24, 2.45) is 0 Å². The van der Waals surface area contributed by atoms with E-state index in [1.54, 1.807) is 43.5 Å². The van der Waals surface area contributed by atoms with E-state index in [4.69, 9.17) is 4.74 Å². The van der Waals surface area contributed by atoms with E-state index in [1.165, 1.54) is 17.9 Å². The van der Waals surface area contributed by atoms with Crippen molar-refractivity contribution in [2.75, 3.05) is 7.11 Å². The lowest BCUT2D eigenvalue weighted by atomic mass is 10.1. The number of aryl methyl sites for hydroxylation is 1. The lowest BCUT2D eigenvalue weighted by Crippen LogP contribution is -2.30. The van der Waals surface area contributed by atoms with Crippen LogP contribution in [0.4, 0.5) is 4.39 Å². The lowest BCUT2D eigenvalue weighted by Gasteiger charge is -2.18. The molecule has 27 heavy (non-hydrogen) atoms. The van der Waals surface area contributed by atoms with Gasteiger partial charge >= 0.3 is 0 Å². The average Bonchev–Trinajstić information content (AvgIpc) is 3.20. The SMILES string of the molecule is COc1ccc(-n2cc(C)nn2)c(CN2C(=O)c3ccccc3C2=O)c1F. The number of nitrogens with zero attached hydrogens (tertiary/aromatic N) is 4. The molecule has 0 bridgehead atoms. The number of ether oxygens (including phenoxy) is 1. The fourth-order valence-electron chi connectivity index (χ4n) is 3.12. The molecule has 1 aromatic heterocycles. The summed E-state index contributed by atoms with van der Waals surface area (Å²) in [6.45, 7) is 1.51. The van der Waals surface area contributed by atoms with Crippen molar-refractivity contribution in [3.8, 4) is 11.4 Å². The Morgan fingerprint density at radius 3 is 2.30 bits per heavy atom. The minimum Gasteiger partial charge on any atom is -0.494 e. The van der Waals surface area contributed by atoms with Crippen molar-refractivity contribution in [1.82, 2.24) is 19.9 Å².